The van der Waals surface area contributed by atoms with Crippen molar-refractivity contribution in [2.75, 3.05) is 0 Å². The van der Waals surface area contributed by atoms with Gasteiger partial charge in [0.25, 0.3) is 0 Å². The molecule has 0 bridgehead atoms. The van der Waals surface area contributed by atoms with Gasteiger partial charge in [0.2, 0.25) is 0 Å². The molecule has 0 heterocycles. The zero-order chi connectivity index (χ0) is 10.7. The van der Waals surface area contributed by atoms with Crippen molar-refractivity contribution >= 4 is 52.4 Å². The van der Waals surface area contributed by atoms with E-state index in [-0.39, 0.29) is 124 Å². The fourth-order valence-electron chi connectivity index (χ4n) is 0. The molecule has 0 aromatic carbocycles. The van der Waals surface area contributed by atoms with Crippen LogP contribution >= 0.6 is 0 Å². The van der Waals surface area contributed by atoms with Gasteiger partial charge in [-0.1, -0.05) is 0 Å². The Kier molecular flexibility index (Phi) is 99.5. The van der Waals surface area contributed by atoms with Gasteiger partial charge >= 0.3 is 159 Å². The predicted octanol–water partition coefficient (Wildman–Crippen LogP) is -8.26. The summed E-state index contributed by atoms with van der Waals surface area (Å²) in [7, 11) is 0. The Hall–Kier alpha value is 5.46. The van der Waals surface area contributed by atoms with Crippen LogP contribution in [0.4, 0.5) is 0 Å². The molecule has 0 spiro atoms. The van der Waals surface area contributed by atoms with Gasteiger partial charge in [-0.3, -0.25) is 0 Å². The quantitative estimate of drug-likeness (QED) is 0.213. The first-order chi connectivity index (χ1) is 5.20. The molecule has 0 unspecified atom stereocenters. The van der Waals surface area contributed by atoms with E-state index in [1.165, 1.54) is 0 Å². The molecule has 0 aliphatic heterocycles. The Morgan fingerprint density at radius 1 is 0.500 bits per heavy atom. The first kappa shape index (κ1) is 43.0. The third-order valence-electron chi connectivity index (χ3n) is 0. The molecule has 0 aliphatic rings. The van der Waals surface area contributed by atoms with Crippen molar-refractivity contribution in [2.45, 2.75) is 0 Å². The second-order valence-corrected chi connectivity index (χ2v) is 3.09. The van der Waals surface area contributed by atoms with Crippen molar-refractivity contribution in [3.8, 4) is 0 Å². The molecule has 0 aliphatic carbocycles. The second kappa shape index (κ2) is 37.1. The Morgan fingerprint density at radius 2 is 0.500 bits per heavy atom. The molecule has 0 saturated heterocycles. The van der Waals surface area contributed by atoms with E-state index in [1.54, 1.807) is 0 Å². The standard InChI is InChI=1S/2Bi.2La.9O.3Ti/q;;2*+3;;;;6*-1;;;. The van der Waals surface area contributed by atoms with E-state index in [9.17, 15) is 0 Å². The van der Waals surface area contributed by atoms with Gasteiger partial charge in [-0.25, -0.2) is 0 Å². The Balaban J connectivity index is -0.0000000135. The van der Waals surface area contributed by atoms with Gasteiger partial charge in [-0.2, -0.15) is 0 Å². The molecule has 9 nitrogen and oxygen atoms in total. The van der Waals surface area contributed by atoms with Crippen LogP contribution in [0.1, 0.15) is 0 Å². The van der Waals surface area contributed by atoms with E-state index in [2.05, 4.69) is 0 Å². The summed E-state index contributed by atoms with van der Waals surface area (Å²) < 4.78 is 77.2. The van der Waals surface area contributed by atoms with Gasteiger partial charge < -0.3 is 0 Å². The Morgan fingerprint density at radius 3 is 0.500 bits per heavy atom. The molecule has 0 aromatic rings. The van der Waals surface area contributed by atoms with Crippen molar-refractivity contribution in [3.05, 3.63) is 0 Å². The van der Waals surface area contributed by atoms with Gasteiger partial charge in [-0.15, -0.1) is 0 Å². The first-order valence-corrected chi connectivity index (χ1v) is 7.57. The first-order valence-electron chi connectivity index (χ1n) is 1.84. The van der Waals surface area contributed by atoms with Crippen LogP contribution in [0.2, 0.25) is 0 Å². The van der Waals surface area contributed by atoms with Crippen LogP contribution in [-0.4, -0.2) is 52.4 Å². The molecule has 6 radical (unpaired) electrons. The average Bonchev–Trinajstić information content (AvgIpc) is 1.54. The number of hydrogen-bond acceptors (Lipinski definition) is 9. The molecule has 0 rings (SSSR count). The maximum atomic E-state index is 8.58. The van der Waals surface area contributed by atoms with Crippen molar-refractivity contribution in [3.63, 3.8) is 0 Å². The summed E-state index contributed by atoms with van der Waals surface area (Å²) >= 11 is -12.2. The minimum atomic E-state index is -4.08. The fraction of sp³-hybridized carbons (Fsp3) is 0. The molecule has 0 N–H and O–H groups in total. The zero-order valence-corrected chi connectivity index (χ0v) is 26.1. The van der Waals surface area contributed by atoms with Crippen molar-refractivity contribution < 1.29 is 159 Å². The predicted molar refractivity (Wildman–Crippen MR) is 13.6 cm³/mol. The third kappa shape index (κ3) is 223. The average molecular weight is 983 g/mol. The summed E-state index contributed by atoms with van der Waals surface area (Å²) in [6.07, 6.45) is 0. The third-order valence-corrected chi connectivity index (χ3v) is 0. The molecule has 0 atom stereocenters. The summed E-state index contributed by atoms with van der Waals surface area (Å²) in [6.45, 7) is 0. The van der Waals surface area contributed by atoms with Crippen LogP contribution in [0.5, 0.6) is 0 Å². The summed E-state index contributed by atoms with van der Waals surface area (Å²) in [5.41, 5.74) is 0. The topological polar surface area (TPSA) is 190 Å². The molecule has 16 heavy (non-hydrogen) atoms. The van der Waals surface area contributed by atoms with E-state index >= 15 is 0 Å². The second-order valence-electron chi connectivity index (χ2n) is 0.750. The molecule has 0 amide bonds. The summed E-state index contributed by atoms with van der Waals surface area (Å²) in [6, 6.07) is 0. The maximum absolute atomic E-state index is 8.58. The van der Waals surface area contributed by atoms with E-state index in [0.717, 1.165) is 0 Å². The van der Waals surface area contributed by atoms with Crippen LogP contribution in [-0.2, 0) is 65.8 Å². The fourth-order valence-corrected chi connectivity index (χ4v) is 0. The van der Waals surface area contributed by atoms with E-state index in [0.29, 0.717) is 0 Å². The number of rotatable bonds is 0. The van der Waals surface area contributed by atoms with Crippen molar-refractivity contribution in [2.24, 2.45) is 0 Å². The van der Waals surface area contributed by atoms with Crippen LogP contribution in [0.25, 0.3) is 0 Å². The van der Waals surface area contributed by atoms with Gasteiger partial charge in [0.1, 0.15) is 0 Å². The Labute approximate surface area is 206 Å². The van der Waals surface area contributed by atoms with Crippen LogP contribution in [0.15, 0.2) is 0 Å². The van der Waals surface area contributed by atoms with E-state index in [1.807, 2.05) is 0 Å². The van der Waals surface area contributed by atoms with Crippen LogP contribution in [0, 0.1) is 71.2 Å². The van der Waals surface area contributed by atoms with Gasteiger partial charge in [0.05, 0.1) is 0 Å². The Bertz CT molecular complexity index is 124. The van der Waals surface area contributed by atoms with E-state index < -0.39 is 55.8 Å². The van der Waals surface area contributed by atoms with Crippen molar-refractivity contribution in [1.82, 2.24) is 0 Å². The summed E-state index contributed by atoms with van der Waals surface area (Å²) in [5.74, 6) is 0. The monoisotopic (exact) mass is 984 g/mol. The molecule has 0 fully saturated rings. The van der Waals surface area contributed by atoms with Crippen molar-refractivity contribution in [1.29, 1.82) is 0 Å². The van der Waals surface area contributed by atoms with E-state index in [4.69, 9.17) is 32.1 Å². The molecular weight excluding hydrogens is 983 g/mol. The summed E-state index contributed by atoms with van der Waals surface area (Å²) in [5, 5.41) is 0. The molecule has 0 saturated carbocycles. The van der Waals surface area contributed by atoms with Crippen LogP contribution < -0.4 is 22.1 Å². The molecule has 82 valence electrons. The SMILES string of the molecule is [Bi].[Bi].[La+3].[La+3].[O]=[Ti]([O-])[O-].[O]=[Ti]([O-])[O-].[O]=[Ti]([O-])[O-]. The molecule has 16 heteroatoms. The molecular formula is Bi2La2O9Ti3. The molecule has 0 aromatic heterocycles. The van der Waals surface area contributed by atoms with Crippen LogP contribution in [0.3, 0.4) is 0 Å². The zero-order valence-electron chi connectivity index (χ0n) is 7.22. The number of hydrogen-bond donors (Lipinski definition) is 0. The van der Waals surface area contributed by atoms with Gasteiger partial charge in [0, 0.05) is 52.4 Å². The summed E-state index contributed by atoms with van der Waals surface area (Å²) in [4.78, 5) is 0. The normalized spacial score (nSPS) is 4.88. The van der Waals surface area contributed by atoms with Gasteiger partial charge in [0.15, 0.2) is 0 Å². The minimum absolute atomic E-state index is 0. The van der Waals surface area contributed by atoms with Gasteiger partial charge in [-0.05, 0) is 0 Å².